The molecule has 1 aliphatic heterocycles. The van der Waals surface area contributed by atoms with Crippen LogP contribution in [-0.2, 0) is 9.59 Å². The van der Waals surface area contributed by atoms with Crippen molar-refractivity contribution in [2.24, 2.45) is 0 Å². The number of hydrogen-bond acceptors (Lipinski definition) is 4. The molecule has 1 unspecified atom stereocenters. The van der Waals surface area contributed by atoms with Crippen LogP contribution in [0.1, 0.15) is 23.7 Å². The summed E-state index contributed by atoms with van der Waals surface area (Å²) in [5, 5.41) is 9.07. The minimum absolute atomic E-state index is 0.0363. The van der Waals surface area contributed by atoms with Crippen molar-refractivity contribution in [1.82, 2.24) is 0 Å². The van der Waals surface area contributed by atoms with Gasteiger partial charge in [-0.05, 0) is 40.8 Å². The summed E-state index contributed by atoms with van der Waals surface area (Å²) in [6.45, 7) is 1.83. The highest BCUT2D eigenvalue weighted by Crippen LogP contribution is 2.31. The molecule has 1 aliphatic rings. The standard InChI is InChI=1S/C13H12INO4S/c1-7(16)20-9-5-12(17)15(6-9)11-4-8(14)2-3-10(11)13(18)19/h2-4,9H,5-6H2,1H3,(H,18,19). The van der Waals surface area contributed by atoms with E-state index in [-0.39, 0.29) is 28.3 Å². The number of anilines is 1. The van der Waals surface area contributed by atoms with E-state index >= 15 is 0 Å². The van der Waals surface area contributed by atoms with Crippen molar-refractivity contribution in [3.05, 3.63) is 27.3 Å². The van der Waals surface area contributed by atoms with E-state index in [2.05, 4.69) is 22.6 Å². The summed E-state index contributed by atoms with van der Waals surface area (Å²) >= 11 is 3.21. The quantitative estimate of drug-likeness (QED) is 0.782. The zero-order valence-electron chi connectivity index (χ0n) is 10.6. The molecule has 7 heteroatoms. The molecule has 1 fully saturated rings. The second kappa shape index (κ2) is 6.13. The van der Waals surface area contributed by atoms with E-state index in [1.807, 2.05) is 0 Å². The lowest BCUT2D eigenvalue weighted by Gasteiger charge is -2.19. The second-order valence-corrected chi connectivity index (χ2v) is 7.13. The molecule has 20 heavy (non-hydrogen) atoms. The Hall–Kier alpha value is -1.09. The van der Waals surface area contributed by atoms with Gasteiger partial charge in [0.2, 0.25) is 5.91 Å². The third kappa shape index (κ3) is 3.32. The summed E-state index contributed by atoms with van der Waals surface area (Å²) in [6.07, 6.45) is 0.259. The Morgan fingerprint density at radius 2 is 2.15 bits per heavy atom. The van der Waals surface area contributed by atoms with Crippen LogP contribution in [0.5, 0.6) is 0 Å². The van der Waals surface area contributed by atoms with Gasteiger partial charge in [-0.2, -0.15) is 0 Å². The van der Waals surface area contributed by atoms with Gasteiger partial charge in [-0.1, -0.05) is 11.8 Å². The monoisotopic (exact) mass is 405 g/mol. The lowest BCUT2D eigenvalue weighted by Crippen LogP contribution is -2.27. The van der Waals surface area contributed by atoms with Crippen molar-refractivity contribution >= 4 is 57.0 Å². The van der Waals surface area contributed by atoms with Gasteiger partial charge >= 0.3 is 5.97 Å². The van der Waals surface area contributed by atoms with Gasteiger partial charge in [0.15, 0.2) is 5.12 Å². The first-order valence-corrected chi connectivity index (χ1v) is 7.84. The topological polar surface area (TPSA) is 74.7 Å². The number of halogens is 1. The Labute approximate surface area is 133 Å². The van der Waals surface area contributed by atoms with E-state index < -0.39 is 5.97 Å². The van der Waals surface area contributed by atoms with Gasteiger partial charge in [0, 0.05) is 28.7 Å². The molecule has 5 nitrogen and oxygen atoms in total. The van der Waals surface area contributed by atoms with Crippen LogP contribution >= 0.6 is 34.4 Å². The highest BCUT2D eigenvalue weighted by Gasteiger charge is 2.33. The van der Waals surface area contributed by atoms with Crippen LogP contribution in [0.3, 0.4) is 0 Å². The summed E-state index contributed by atoms with van der Waals surface area (Å²) in [5.41, 5.74) is 0.508. The number of hydrogen-bond donors (Lipinski definition) is 1. The number of amides is 1. The molecular formula is C13H12INO4S. The number of thioether (sulfide) groups is 1. The molecule has 0 aromatic heterocycles. The summed E-state index contributed by atoms with van der Waals surface area (Å²) < 4.78 is 0.859. The highest BCUT2D eigenvalue weighted by atomic mass is 127. The molecule has 106 valence electrons. The SMILES string of the molecule is CC(=O)SC1CC(=O)N(c2cc(I)ccc2C(=O)O)C1. The average Bonchev–Trinajstić information content (AvgIpc) is 2.68. The molecule has 0 saturated carbocycles. The van der Waals surface area contributed by atoms with E-state index in [4.69, 9.17) is 0 Å². The summed E-state index contributed by atoms with van der Waals surface area (Å²) in [4.78, 5) is 35.9. The first-order valence-electron chi connectivity index (χ1n) is 5.89. The molecule has 0 spiro atoms. The Bertz CT molecular complexity index is 590. The largest absolute Gasteiger partial charge is 0.478 e. The highest BCUT2D eigenvalue weighted by molar-refractivity contribution is 14.1. The maximum Gasteiger partial charge on any atom is 0.337 e. The van der Waals surface area contributed by atoms with Gasteiger partial charge in [0.25, 0.3) is 0 Å². The summed E-state index contributed by atoms with van der Waals surface area (Å²) in [7, 11) is 0. The number of carbonyl (C=O) groups is 3. The van der Waals surface area contributed by atoms with Crippen LogP contribution in [0.25, 0.3) is 0 Å². The van der Waals surface area contributed by atoms with Gasteiger partial charge < -0.3 is 10.0 Å². The predicted molar refractivity (Wildman–Crippen MR) is 85.1 cm³/mol. The first-order chi connectivity index (χ1) is 9.38. The summed E-state index contributed by atoms with van der Waals surface area (Å²) in [5.74, 6) is -1.21. The Morgan fingerprint density at radius 1 is 1.45 bits per heavy atom. The van der Waals surface area contributed by atoms with Crippen LogP contribution in [-0.4, -0.2) is 33.9 Å². The molecular weight excluding hydrogens is 393 g/mol. The molecule has 1 heterocycles. The van der Waals surface area contributed by atoms with Crippen molar-refractivity contribution in [1.29, 1.82) is 0 Å². The van der Waals surface area contributed by atoms with Crippen molar-refractivity contribution in [3.63, 3.8) is 0 Å². The van der Waals surface area contributed by atoms with Gasteiger partial charge in [-0.3, -0.25) is 9.59 Å². The van der Waals surface area contributed by atoms with Crippen molar-refractivity contribution in [2.75, 3.05) is 11.4 Å². The number of nitrogens with zero attached hydrogens (tertiary/aromatic N) is 1. The molecule has 1 aromatic rings. The fraction of sp³-hybridized carbons (Fsp3) is 0.308. The predicted octanol–water partition coefficient (Wildman–Crippen LogP) is 2.37. The van der Waals surface area contributed by atoms with E-state index in [0.717, 1.165) is 15.3 Å². The van der Waals surface area contributed by atoms with E-state index in [1.54, 1.807) is 12.1 Å². The van der Waals surface area contributed by atoms with Gasteiger partial charge in [0.05, 0.1) is 11.3 Å². The minimum Gasteiger partial charge on any atom is -0.478 e. The number of carboxylic acids is 1. The molecule has 0 radical (unpaired) electrons. The summed E-state index contributed by atoms with van der Waals surface area (Å²) in [6, 6.07) is 4.87. The molecule has 0 bridgehead atoms. The molecule has 1 saturated heterocycles. The fourth-order valence-electron chi connectivity index (χ4n) is 2.13. The van der Waals surface area contributed by atoms with Crippen molar-refractivity contribution < 1.29 is 19.5 Å². The number of carboxylic acid groups (broad SMARTS) is 1. The number of carbonyl (C=O) groups excluding carboxylic acids is 2. The normalized spacial score (nSPS) is 18.4. The molecule has 1 amide bonds. The van der Waals surface area contributed by atoms with Crippen LogP contribution < -0.4 is 4.90 Å². The lowest BCUT2D eigenvalue weighted by atomic mass is 10.1. The smallest absolute Gasteiger partial charge is 0.337 e. The van der Waals surface area contributed by atoms with Gasteiger partial charge in [-0.25, -0.2) is 4.79 Å². The van der Waals surface area contributed by atoms with Crippen molar-refractivity contribution in [2.45, 2.75) is 18.6 Å². The minimum atomic E-state index is -1.06. The average molecular weight is 405 g/mol. The first kappa shape index (κ1) is 15.3. The molecule has 1 N–H and O–H groups in total. The van der Waals surface area contributed by atoms with Crippen LogP contribution in [0, 0.1) is 3.57 Å². The molecule has 2 rings (SSSR count). The zero-order chi connectivity index (χ0) is 14.9. The lowest BCUT2D eigenvalue weighted by molar-refractivity contribution is -0.117. The molecule has 0 aliphatic carbocycles. The Kier molecular flexibility index (Phi) is 4.69. The van der Waals surface area contributed by atoms with Crippen LogP contribution in [0.4, 0.5) is 5.69 Å². The van der Waals surface area contributed by atoms with Crippen molar-refractivity contribution in [3.8, 4) is 0 Å². The maximum absolute atomic E-state index is 12.1. The second-order valence-electron chi connectivity index (χ2n) is 4.41. The van der Waals surface area contributed by atoms with Gasteiger partial charge in [-0.15, -0.1) is 0 Å². The molecule has 1 aromatic carbocycles. The third-order valence-corrected chi connectivity index (χ3v) is 4.56. The Morgan fingerprint density at radius 3 is 2.75 bits per heavy atom. The van der Waals surface area contributed by atoms with Crippen LogP contribution in [0.2, 0.25) is 0 Å². The van der Waals surface area contributed by atoms with E-state index in [1.165, 1.54) is 17.9 Å². The Balaban J connectivity index is 2.32. The van der Waals surface area contributed by atoms with E-state index in [0.29, 0.717) is 12.2 Å². The number of rotatable bonds is 3. The molecule has 1 atom stereocenters. The fourth-order valence-corrected chi connectivity index (χ4v) is 3.52. The van der Waals surface area contributed by atoms with Crippen LogP contribution in [0.15, 0.2) is 18.2 Å². The number of aromatic carboxylic acids is 1. The van der Waals surface area contributed by atoms with Gasteiger partial charge in [0.1, 0.15) is 0 Å². The maximum atomic E-state index is 12.1. The third-order valence-electron chi connectivity index (χ3n) is 2.90. The number of benzene rings is 1. The zero-order valence-corrected chi connectivity index (χ0v) is 13.6. The van der Waals surface area contributed by atoms with E-state index in [9.17, 15) is 19.5 Å².